The Labute approximate surface area is 53.7 Å². The minimum Gasteiger partial charge on any atom is -0.385 e. The molecule has 2 nitrogen and oxygen atoms in total. The van der Waals surface area contributed by atoms with E-state index in [0.717, 1.165) is 19.3 Å². The molecule has 0 aromatic carbocycles. The van der Waals surface area contributed by atoms with Crippen LogP contribution >= 0.6 is 0 Å². The van der Waals surface area contributed by atoms with E-state index >= 15 is 0 Å². The first-order chi connectivity index (χ1) is 4.22. The largest absolute Gasteiger partial charge is 0.385 e. The Hall–Kier alpha value is -0.600. The van der Waals surface area contributed by atoms with Crippen LogP contribution in [0.1, 0.15) is 19.3 Å². The van der Waals surface area contributed by atoms with Crippen LogP contribution < -0.4 is 5.73 Å². The smallest absolute Gasteiger partial charge is 0.159 e. The average Bonchev–Trinajstić information content (AvgIpc) is 1.60. The molecule has 52 valence electrons. The van der Waals surface area contributed by atoms with Gasteiger partial charge in [0, 0.05) is 0 Å². The van der Waals surface area contributed by atoms with Crippen LogP contribution in [0.25, 0.3) is 0 Å². The summed E-state index contributed by atoms with van der Waals surface area (Å²) in [5.74, 6) is -0.248. The summed E-state index contributed by atoms with van der Waals surface area (Å²) in [5.41, 5.74) is 4.95. The monoisotopic (exact) mass is 130 g/mol. The fourth-order valence-corrected chi connectivity index (χ4v) is 0.986. The molecule has 1 unspecified atom stereocenters. The minimum absolute atomic E-state index is 0.0579. The molecular weight excluding hydrogens is 119 g/mol. The summed E-state index contributed by atoms with van der Waals surface area (Å²) in [6, 6.07) is 0. The zero-order valence-corrected chi connectivity index (χ0v) is 5.23. The fraction of sp³-hybridized carbons (Fsp3) is 0.833. The van der Waals surface area contributed by atoms with E-state index in [4.69, 9.17) is 11.1 Å². The van der Waals surface area contributed by atoms with Crippen molar-refractivity contribution in [1.29, 1.82) is 5.41 Å². The van der Waals surface area contributed by atoms with Gasteiger partial charge in [0.05, 0.1) is 0 Å². The topological polar surface area (TPSA) is 49.9 Å². The maximum absolute atomic E-state index is 12.6. The van der Waals surface area contributed by atoms with Gasteiger partial charge in [-0.25, -0.2) is 4.39 Å². The van der Waals surface area contributed by atoms with Gasteiger partial charge < -0.3 is 5.73 Å². The molecule has 1 saturated carbocycles. The number of rotatable bonds is 2. The van der Waals surface area contributed by atoms with Crippen LogP contribution in [0.5, 0.6) is 0 Å². The van der Waals surface area contributed by atoms with E-state index in [9.17, 15) is 4.39 Å². The first-order valence-corrected chi connectivity index (χ1v) is 3.20. The summed E-state index contributed by atoms with van der Waals surface area (Å²) in [6.07, 6.45) is 1.73. The number of halogens is 1. The van der Waals surface area contributed by atoms with Crippen LogP contribution in [0.3, 0.4) is 0 Å². The van der Waals surface area contributed by atoms with E-state index in [1.807, 2.05) is 0 Å². The number of alkyl halides is 1. The molecule has 0 radical (unpaired) electrons. The molecule has 1 aliphatic rings. The van der Waals surface area contributed by atoms with Crippen molar-refractivity contribution in [2.24, 2.45) is 11.7 Å². The zero-order valence-electron chi connectivity index (χ0n) is 5.23. The molecule has 1 fully saturated rings. The summed E-state index contributed by atoms with van der Waals surface area (Å²) in [6.45, 7) is 0. The third-order valence-electron chi connectivity index (χ3n) is 1.86. The summed E-state index contributed by atoms with van der Waals surface area (Å²) >= 11 is 0. The highest BCUT2D eigenvalue weighted by molar-refractivity contribution is 5.81. The third kappa shape index (κ3) is 1.20. The molecule has 1 rings (SSSR count). The second kappa shape index (κ2) is 2.33. The van der Waals surface area contributed by atoms with E-state index in [-0.39, 0.29) is 11.8 Å². The number of nitrogens with one attached hydrogen (secondary N) is 1. The standard InChI is InChI=1S/C6H11FN2/c7-5(6(8)9)4-2-1-3-4/h4-5H,1-3H2,(H3,8,9). The van der Waals surface area contributed by atoms with Crippen LogP contribution in [0.2, 0.25) is 0 Å². The lowest BCUT2D eigenvalue weighted by Crippen LogP contribution is -2.34. The average molecular weight is 130 g/mol. The van der Waals surface area contributed by atoms with Crippen molar-refractivity contribution in [2.45, 2.75) is 25.4 Å². The van der Waals surface area contributed by atoms with Gasteiger partial charge in [0.1, 0.15) is 5.84 Å². The Morgan fingerprint density at radius 2 is 2.22 bits per heavy atom. The Morgan fingerprint density at radius 1 is 1.67 bits per heavy atom. The minimum atomic E-state index is -1.17. The summed E-state index contributed by atoms with van der Waals surface area (Å²) in [7, 11) is 0. The number of amidine groups is 1. The van der Waals surface area contributed by atoms with Gasteiger partial charge in [-0.3, -0.25) is 5.41 Å². The van der Waals surface area contributed by atoms with Crippen LogP contribution in [0, 0.1) is 11.3 Å². The first kappa shape index (κ1) is 6.52. The Bertz CT molecular complexity index is 120. The number of hydrogen-bond donors (Lipinski definition) is 2. The van der Waals surface area contributed by atoms with Crippen LogP contribution in [-0.2, 0) is 0 Å². The highest BCUT2D eigenvalue weighted by Gasteiger charge is 2.28. The van der Waals surface area contributed by atoms with E-state index in [0.29, 0.717) is 0 Å². The van der Waals surface area contributed by atoms with Gasteiger partial charge in [-0.1, -0.05) is 6.42 Å². The van der Waals surface area contributed by atoms with Crippen molar-refractivity contribution in [2.75, 3.05) is 0 Å². The number of hydrogen-bond acceptors (Lipinski definition) is 1. The first-order valence-electron chi connectivity index (χ1n) is 3.20. The van der Waals surface area contributed by atoms with Crippen molar-refractivity contribution in [3.63, 3.8) is 0 Å². The van der Waals surface area contributed by atoms with Gasteiger partial charge in [0.25, 0.3) is 0 Å². The molecule has 3 N–H and O–H groups in total. The Kier molecular flexibility index (Phi) is 1.69. The quantitative estimate of drug-likeness (QED) is 0.426. The van der Waals surface area contributed by atoms with E-state index in [1.165, 1.54) is 0 Å². The molecule has 0 amide bonds. The number of nitrogens with two attached hydrogens (primary N) is 1. The molecule has 0 aromatic rings. The normalized spacial score (nSPS) is 22.8. The zero-order chi connectivity index (χ0) is 6.85. The van der Waals surface area contributed by atoms with Gasteiger partial charge in [0.2, 0.25) is 0 Å². The molecule has 0 aliphatic heterocycles. The molecular formula is C6H11FN2. The molecule has 0 aromatic heterocycles. The Balaban J connectivity index is 2.32. The van der Waals surface area contributed by atoms with Crippen LogP contribution in [0.4, 0.5) is 4.39 Å². The van der Waals surface area contributed by atoms with Gasteiger partial charge >= 0.3 is 0 Å². The van der Waals surface area contributed by atoms with E-state index < -0.39 is 6.17 Å². The molecule has 0 heterocycles. The van der Waals surface area contributed by atoms with E-state index in [1.54, 1.807) is 0 Å². The fourth-order valence-electron chi connectivity index (χ4n) is 0.986. The lowest BCUT2D eigenvalue weighted by molar-refractivity contribution is 0.199. The van der Waals surface area contributed by atoms with Crippen molar-refractivity contribution in [1.82, 2.24) is 0 Å². The molecule has 0 spiro atoms. The summed E-state index contributed by atoms with van der Waals surface area (Å²) in [4.78, 5) is 0. The van der Waals surface area contributed by atoms with E-state index in [2.05, 4.69) is 0 Å². The molecule has 9 heavy (non-hydrogen) atoms. The summed E-state index contributed by atoms with van der Waals surface area (Å²) < 4.78 is 12.6. The van der Waals surface area contributed by atoms with Crippen molar-refractivity contribution >= 4 is 5.84 Å². The van der Waals surface area contributed by atoms with Crippen molar-refractivity contribution < 1.29 is 4.39 Å². The van der Waals surface area contributed by atoms with Crippen LogP contribution in [0.15, 0.2) is 0 Å². The second-order valence-corrected chi connectivity index (χ2v) is 2.55. The molecule has 1 aliphatic carbocycles. The van der Waals surface area contributed by atoms with Crippen molar-refractivity contribution in [3.8, 4) is 0 Å². The molecule has 3 heteroatoms. The maximum atomic E-state index is 12.6. The second-order valence-electron chi connectivity index (χ2n) is 2.55. The SMILES string of the molecule is N=C(N)C(F)C1CCC1. The molecule has 1 atom stereocenters. The van der Waals surface area contributed by atoms with Gasteiger partial charge in [-0.2, -0.15) is 0 Å². The van der Waals surface area contributed by atoms with Gasteiger partial charge in [0.15, 0.2) is 6.17 Å². The van der Waals surface area contributed by atoms with Gasteiger partial charge in [-0.05, 0) is 18.8 Å². The highest BCUT2D eigenvalue weighted by Crippen LogP contribution is 2.30. The lowest BCUT2D eigenvalue weighted by atomic mass is 9.81. The Morgan fingerprint density at radius 3 is 2.33 bits per heavy atom. The van der Waals surface area contributed by atoms with Gasteiger partial charge in [-0.15, -0.1) is 0 Å². The highest BCUT2D eigenvalue weighted by atomic mass is 19.1. The predicted octanol–water partition coefficient (Wildman–Crippen LogP) is 1.06. The third-order valence-corrected chi connectivity index (χ3v) is 1.86. The predicted molar refractivity (Wildman–Crippen MR) is 34.2 cm³/mol. The molecule has 0 saturated heterocycles. The van der Waals surface area contributed by atoms with Crippen molar-refractivity contribution in [3.05, 3.63) is 0 Å². The lowest BCUT2D eigenvalue weighted by Gasteiger charge is -2.27. The summed E-state index contributed by atoms with van der Waals surface area (Å²) in [5, 5.41) is 6.77. The molecule has 0 bridgehead atoms. The maximum Gasteiger partial charge on any atom is 0.159 e. The van der Waals surface area contributed by atoms with Crippen LogP contribution in [-0.4, -0.2) is 12.0 Å².